The van der Waals surface area contributed by atoms with Crippen LogP contribution in [0.1, 0.15) is 26.3 Å². The van der Waals surface area contributed by atoms with E-state index in [-0.39, 0.29) is 25.4 Å². The summed E-state index contributed by atoms with van der Waals surface area (Å²) < 4.78 is 0. The van der Waals surface area contributed by atoms with Crippen molar-refractivity contribution in [3.8, 4) is 11.2 Å². The van der Waals surface area contributed by atoms with Gasteiger partial charge in [-0.2, -0.15) is 0 Å². The van der Waals surface area contributed by atoms with Gasteiger partial charge in [0.05, 0.1) is 0 Å². The van der Waals surface area contributed by atoms with E-state index in [1.807, 2.05) is 30.3 Å². The summed E-state index contributed by atoms with van der Waals surface area (Å²) in [5, 5.41) is 13.1. The first kappa shape index (κ1) is 16.0. The predicted octanol–water partition coefficient (Wildman–Crippen LogP) is 2.58. The second-order valence-corrected chi connectivity index (χ2v) is 8.80. The number of hydrogen-bond donors (Lipinski definition) is 1. The average Bonchev–Trinajstić information content (AvgIpc) is 2.60. The maximum absolute atomic E-state index is 12.5. The van der Waals surface area contributed by atoms with E-state index >= 15 is 0 Å². The third-order valence-electron chi connectivity index (χ3n) is 3.43. The Kier molecular flexibility index (Phi) is 5.00. The van der Waals surface area contributed by atoms with Crippen LogP contribution in [-0.4, -0.2) is 36.6 Å². The Balaban J connectivity index is 1.73. The van der Waals surface area contributed by atoms with Crippen molar-refractivity contribution >= 4 is 35.6 Å². The monoisotopic (exact) mass is 388 g/mol. The first-order valence-electron chi connectivity index (χ1n) is 6.92. The molecule has 3 nitrogen and oxygen atoms in total. The molecule has 0 fully saturated rings. The first-order valence-corrected chi connectivity index (χ1v) is 10.8. The van der Waals surface area contributed by atoms with E-state index in [2.05, 4.69) is 11.2 Å². The molecule has 0 spiro atoms. The number of benzene rings is 2. The fourth-order valence-corrected chi connectivity index (χ4v) is 5.74. The normalized spacial score (nSPS) is 19.7. The summed E-state index contributed by atoms with van der Waals surface area (Å²) in [5.41, 5.74) is 1.62. The molecule has 0 aliphatic heterocycles. The third-order valence-corrected chi connectivity index (χ3v) is 7.35. The van der Waals surface area contributed by atoms with Crippen LogP contribution in [0.4, 0.5) is 0 Å². The molecule has 0 bridgehead atoms. The molecular formula is C18H12O3SSe. The molecule has 23 heavy (non-hydrogen) atoms. The number of carbonyl (C=O) groups is 2. The Morgan fingerprint density at radius 2 is 1.52 bits per heavy atom. The van der Waals surface area contributed by atoms with Gasteiger partial charge < -0.3 is 0 Å². The second-order valence-electron chi connectivity index (χ2n) is 4.91. The molecule has 0 saturated carbocycles. The van der Waals surface area contributed by atoms with E-state index in [1.165, 1.54) is 10.2 Å². The Hall–Kier alpha value is -1.83. The van der Waals surface area contributed by atoms with Crippen molar-refractivity contribution in [1.29, 1.82) is 0 Å². The summed E-state index contributed by atoms with van der Waals surface area (Å²) in [5.74, 6) is 2.46. The van der Waals surface area contributed by atoms with Gasteiger partial charge in [0.1, 0.15) is 0 Å². The molecule has 0 aromatic heterocycles. The van der Waals surface area contributed by atoms with Crippen molar-refractivity contribution in [1.82, 2.24) is 0 Å². The van der Waals surface area contributed by atoms with Crippen LogP contribution in [0.5, 0.6) is 0 Å². The van der Waals surface area contributed by atoms with Gasteiger partial charge in [0.25, 0.3) is 0 Å². The Morgan fingerprint density at radius 1 is 0.913 bits per heavy atom. The van der Waals surface area contributed by atoms with Crippen molar-refractivity contribution in [2.75, 3.05) is 0 Å². The summed E-state index contributed by atoms with van der Waals surface area (Å²) in [7, 11) is 1.31. The van der Waals surface area contributed by atoms with Crippen LogP contribution in [0.2, 0.25) is 4.82 Å². The van der Waals surface area contributed by atoms with Crippen LogP contribution in [-0.2, 0) is 0 Å². The summed E-state index contributed by atoms with van der Waals surface area (Å²) in [4.78, 5) is 24.0. The predicted molar refractivity (Wildman–Crippen MR) is 91.5 cm³/mol. The van der Waals surface area contributed by atoms with Gasteiger partial charge in [-0.05, 0) is 0 Å². The third kappa shape index (κ3) is 3.41. The van der Waals surface area contributed by atoms with E-state index in [0.717, 1.165) is 5.56 Å². The first-order chi connectivity index (χ1) is 11.2. The Labute approximate surface area is 143 Å². The van der Waals surface area contributed by atoms with E-state index in [4.69, 9.17) is 0 Å². The molecule has 5 heteroatoms. The quantitative estimate of drug-likeness (QED) is 0.636. The van der Waals surface area contributed by atoms with Crippen molar-refractivity contribution in [2.24, 2.45) is 0 Å². The zero-order chi connectivity index (χ0) is 16.2. The van der Waals surface area contributed by atoms with Gasteiger partial charge in [0.15, 0.2) is 0 Å². The number of ketones is 2. The molecule has 3 rings (SSSR count). The minimum atomic E-state index is -1.26. The van der Waals surface area contributed by atoms with Gasteiger partial charge in [0.2, 0.25) is 0 Å². The zero-order valence-electron chi connectivity index (χ0n) is 11.9. The zero-order valence-corrected chi connectivity index (χ0v) is 14.5. The van der Waals surface area contributed by atoms with Crippen LogP contribution in [0.25, 0.3) is 0 Å². The average molecular weight is 387 g/mol. The van der Waals surface area contributed by atoms with Gasteiger partial charge in [-0.1, -0.05) is 0 Å². The Morgan fingerprint density at radius 3 is 2.22 bits per heavy atom. The minimum absolute atomic E-state index is 0.165. The van der Waals surface area contributed by atoms with E-state index < -0.39 is 10.9 Å². The van der Waals surface area contributed by atoms with Gasteiger partial charge in [-0.3, -0.25) is 0 Å². The molecule has 0 amide bonds. The molecule has 1 N–H and O–H groups in total. The molecule has 2 atom stereocenters. The summed E-state index contributed by atoms with van der Waals surface area (Å²) in [6, 6.07) is 16.2. The molecule has 1 aliphatic rings. The van der Waals surface area contributed by atoms with Gasteiger partial charge >= 0.3 is 144 Å². The number of rotatable bonds is 2. The second kappa shape index (κ2) is 7.16. The van der Waals surface area contributed by atoms with Crippen molar-refractivity contribution < 1.29 is 14.7 Å². The van der Waals surface area contributed by atoms with Crippen LogP contribution < -0.4 is 0 Å². The number of hydrogen-bond acceptors (Lipinski definition) is 4. The fraction of sp³-hybridized carbons (Fsp3) is 0.111. The number of carbonyl (C=O) groups excluding carboxylic acids is 2. The van der Waals surface area contributed by atoms with Crippen molar-refractivity contribution in [2.45, 2.75) is 10.9 Å². The molecular weight excluding hydrogens is 375 g/mol. The molecule has 1 aliphatic carbocycles. The van der Waals surface area contributed by atoms with Crippen LogP contribution >= 0.6 is 10.2 Å². The summed E-state index contributed by atoms with van der Waals surface area (Å²) in [6.45, 7) is 0. The molecule has 0 heterocycles. The molecule has 2 aromatic rings. The number of Topliss-reactive ketones (excluding diaryl/α,β-unsaturated/α-hetero) is 2. The number of aliphatic hydroxyl groups excluding tert-OH is 1. The number of fused-ring (bicyclic) bond motifs is 1. The van der Waals surface area contributed by atoms with Gasteiger partial charge in [-0.15, -0.1) is 0 Å². The van der Waals surface area contributed by atoms with E-state index in [1.54, 1.807) is 24.3 Å². The van der Waals surface area contributed by atoms with Crippen LogP contribution in [0, 0.1) is 11.2 Å². The topological polar surface area (TPSA) is 54.4 Å². The van der Waals surface area contributed by atoms with Crippen molar-refractivity contribution in [3.63, 3.8) is 0 Å². The molecule has 2 aromatic carbocycles. The Bertz CT molecular complexity index is 808. The van der Waals surface area contributed by atoms with Crippen LogP contribution in [0.15, 0.2) is 54.6 Å². The maximum atomic E-state index is 12.5. The van der Waals surface area contributed by atoms with E-state index in [9.17, 15) is 14.7 Å². The SMILES string of the molecule is O=C1c2ccccc2C(=O)C([Se]SC#Cc2ccccc2)C1O. The molecule has 114 valence electrons. The number of aliphatic hydroxyl groups is 1. The molecule has 0 saturated heterocycles. The van der Waals surface area contributed by atoms with Gasteiger partial charge in [-0.25, -0.2) is 0 Å². The fourth-order valence-electron chi connectivity index (χ4n) is 2.28. The summed E-state index contributed by atoms with van der Waals surface area (Å²) in [6.07, 6.45) is -1.26. The van der Waals surface area contributed by atoms with Crippen molar-refractivity contribution in [3.05, 3.63) is 71.3 Å². The van der Waals surface area contributed by atoms with E-state index in [0.29, 0.717) is 11.1 Å². The van der Waals surface area contributed by atoms with Crippen LogP contribution in [0.3, 0.4) is 0 Å². The molecule has 0 radical (unpaired) electrons. The summed E-state index contributed by atoms with van der Waals surface area (Å²) >= 11 is -0.332. The van der Waals surface area contributed by atoms with Gasteiger partial charge in [0, 0.05) is 0 Å². The molecule has 2 unspecified atom stereocenters. The standard InChI is InChI=1S/C18H12O3SSe/c19-15-13-8-4-5-9-14(13)16(20)18(17(15)21)23-22-11-10-12-6-2-1-3-7-12/h1-9,17-18,21H.